The summed E-state index contributed by atoms with van der Waals surface area (Å²) in [6.07, 6.45) is 2.11. The molecule has 1 N–H and O–H groups in total. The third-order valence-electron chi connectivity index (χ3n) is 5.25. The smallest absolute Gasteiger partial charge is 0.316 e. The zero-order valence-electron chi connectivity index (χ0n) is 15.3. The van der Waals surface area contributed by atoms with Crippen molar-refractivity contribution >= 4 is 22.6 Å². The van der Waals surface area contributed by atoms with Crippen molar-refractivity contribution in [2.45, 2.75) is 25.5 Å². The van der Waals surface area contributed by atoms with E-state index in [0.29, 0.717) is 6.54 Å². The Morgan fingerprint density at radius 1 is 1.15 bits per heavy atom. The first-order chi connectivity index (χ1) is 12.7. The molecule has 0 saturated heterocycles. The predicted molar refractivity (Wildman–Crippen MR) is 107 cm³/mol. The van der Waals surface area contributed by atoms with Crippen molar-refractivity contribution in [3.63, 3.8) is 0 Å². The monoisotopic (exact) mass is 369 g/mol. The van der Waals surface area contributed by atoms with Crippen LogP contribution in [0.3, 0.4) is 0 Å². The second-order valence-corrected chi connectivity index (χ2v) is 7.85. The van der Waals surface area contributed by atoms with Gasteiger partial charge in [-0.2, -0.15) is 0 Å². The first-order valence-corrected chi connectivity index (χ1v) is 10.1. The number of β-amino-alcohol motifs (C(OH)–C–C–N with tert-alkyl or cyclic N) is 1. The normalized spacial score (nSPS) is 22.5. The molecule has 0 aromatic heterocycles. The number of thioether (sulfide) groups is 1. The van der Waals surface area contributed by atoms with Gasteiger partial charge in [-0.05, 0) is 66.6 Å². The molecule has 0 amide bonds. The van der Waals surface area contributed by atoms with E-state index in [-0.39, 0.29) is 0 Å². The molecule has 0 saturated carbocycles. The standard InChI is InChI=1S/C21H25N2O2S/c1-3-16-5-9-18(10-6-16)22-15-21(24,23-13-4-14-26-20(22)23)17-7-11-19(25-2)12-8-17/h5-12,24H,3-4,13-15H2,1-2H3/q+1. The molecule has 136 valence electrons. The molecule has 0 fully saturated rings. The Labute approximate surface area is 159 Å². The molecule has 2 aliphatic rings. The number of benzene rings is 2. The fourth-order valence-corrected chi connectivity index (χ4v) is 4.90. The molecule has 4 rings (SSSR count). The van der Waals surface area contributed by atoms with Gasteiger partial charge in [-0.1, -0.05) is 19.1 Å². The number of aryl methyl sites for hydroxylation is 1. The minimum atomic E-state index is -1.02. The molecule has 1 atom stereocenters. The summed E-state index contributed by atoms with van der Waals surface area (Å²) in [6, 6.07) is 16.5. The number of methoxy groups -OCH3 is 1. The second kappa shape index (κ2) is 6.97. The Hall–Kier alpha value is -1.98. The molecule has 1 unspecified atom stereocenters. The van der Waals surface area contributed by atoms with Gasteiger partial charge in [-0.25, -0.2) is 9.48 Å². The zero-order chi connectivity index (χ0) is 18.1. The van der Waals surface area contributed by atoms with Crippen molar-refractivity contribution in [3.8, 4) is 5.75 Å². The van der Waals surface area contributed by atoms with Gasteiger partial charge in [0, 0.05) is 11.3 Å². The number of amidine groups is 1. The van der Waals surface area contributed by atoms with Crippen molar-refractivity contribution in [2.75, 3.05) is 30.9 Å². The lowest BCUT2D eigenvalue weighted by Gasteiger charge is -2.24. The van der Waals surface area contributed by atoms with Crippen LogP contribution in [0.4, 0.5) is 5.69 Å². The average Bonchev–Trinajstić information content (AvgIpc) is 3.02. The van der Waals surface area contributed by atoms with Gasteiger partial charge >= 0.3 is 5.17 Å². The van der Waals surface area contributed by atoms with Gasteiger partial charge in [0.05, 0.1) is 13.7 Å². The molecular weight excluding hydrogens is 344 g/mol. The van der Waals surface area contributed by atoms with E-state index in [0.717, 1.165) is 47.3 Å². The van der Waals surface area contributed by atoms with Crippen molar-refractivity contribution in [3.05, 3.63) is 59.7 Å². The molecular formula is C21H25N2O2S+. The largest absolute Gasteiger partial charge is 0.497 e. The summed E-state index contributed by atoms with van der Waals surface area (Å²) >= 11 is 1.84. The molecule has 0 aliphatic carbocycles. The topological polar surface area (TPSA) is 35.7 Å². The Kier molecular flexibility index (Phi) is 4.67. The lowest BCUT2D eigenvalue weighted by molar-refractivity contribution is -0.656. The van der Waals surface area contributed by atoms with Crippen molar-refractivity contribution < 1.29 is 14.4 Å². The predicted octanol–water partition coefficient (Wildman–Crippen LogP) is 3.43. The summed E-state index contributed by atoms with van der Waals surface area (Å²) in [5.41, 5.74) is 2.36. The van der Waals surface area contributed by atoms with E-state index in [1.165, 1.54) is 5.56 Å². The van der Waals surface area contributed by atoms with Crippen LogP contribution in [0.2, 0.25) is 0 Å². The maximum Gasteiger partial charge on any atom is 0.316 e. The van der Waals surface area contributed by atoms with Crippen LogP contribution in [-0.2, 0) is 12.1 Å². The van der Waals surface area contributed by atoms with E-state index in [1.807, 2.05) is 36.0 Å². The van der Waals surface area contributed by atoms with Gasteiger partial charge in [-0.3, -0.25) is 0 Å². The van der Waals surface area contributed by atoms with Crippen LogP contribution in [0, 0.1) is 0 Å². The van der Waals surface area contributed by atoms with Crippen LogP contribution < -0.4 is 9.64 Å². The third kappa shape index (κ3) is 2.89. The highest BCUT2D eigenvalue weighted by Crippen LogP contribution is 2.38. The van der Waals surface area contributed by atoms with E-state index in [1.54, 1.807) is 7.11 Å². The van der Waals surface area contributed by atoms with Crippen LogP contribution >= 0.6 is 11.8 Å². The summed E-state index contributed by atoms with van der Waals surface area (Å²) < 4.78 is 7.43. The Morgan fingerprint density at radius 2 is 1.88 bits per heavy atom. The molecule has 4 nitrogen and oxygen atoms in total. The quantitative estimate of drug-likeness (QED) is 0.838. The minimum Gasteiger partial charge on any atom is -0.497 e. The number of nitrogens with zero attached hydrogens (tertiary/aromatic N) is 2. The molecule has 26 heavy (non-hydrogen) atoms. The number of rotatable bonds is 4. The summed E-state index contributed by atoms with van der Waals surface area (Å²) in [7, 11) is 1.66. The van der Waals surface area contributed by atoms with Gasteiger partial charge in [0.1, 0.15) is 11.4 Å². The number of anilines is 1. The van der Waals surface area contributed by atoms with Gasteiger partial charge < -0.3 is 9.84 Å². The highest BCUT2D eigenvalue weighted by atomic mass is 32.2. The summed E-state index contributed by atoms with van der Waals surface area (Å²) in [6.45, 7) is 3.57. The molecule has 0 spiro atoms. The first-order valence-electron chi connectivity index (χ1n) is 9.16. The maximum atomic E-state index is 11.7. The van der Waals surface area contributed by atoms with Crippen LogP contribution in [0.15, 0.2) is 48.5 Å². The summed E-state index contributed by atoms with van der Waals surface area (Å²) in [5.74, 6) is 1.90. The zero-order valence-corrected chi connectivity index (χ0v) is 16.1. The number of hydrogen-bond donors (Lipinski definition) is 1. The molecule has 2 aromatic carbocycles. The van der Waals surface area contributed by atoms with E-state index in [2.05, 4.69) is 40.7 Å². The Bertz CT molecular complexity index is 817. The third-order valence-corrected chi connectivity index (χ3v) is 6.44. The van der Waals surface area contributed by atoms with Crippen LogP contribution in [0.1, 0.15) is 24.5 Å². The molecule has 5 heteroatoms. The SMILES string of the molecule is CCc1ccc(N2CC(O)(c3ccc(OC)cc3)[N+]3=C2SCCC3)cc1. The highest BCUT2D eigenvalue weighted by molar-refractivity contribution is 8.13. The number of aliphatic hydroxyl groups is 1. The van der Waals surface area contributed by atoms with E-state index in [9.17, 15) is 5.11 Å². The minimum absolute atomic E-state index is 0.535. The number of ether oxygens (including phenoxy) is 1. The molecule has 2 aliphatic heterocycles. The van der Waals surface area contributed by atoms with E-state index in [4.69, 9.17) is 4.74 Å². The molecule has 0 radical (unpaired) electrons. The first kappa shape index (κ1) is 17.4. The van der Waals surface area contributed by atoms with Crippen LogP contribution in [-0.4, -0.2) is 40.8 Å². The van der Waals surface area contributed by atoms with Crippen molar-refractivity contribution in [1.29, 1.82) is 0 Å². The van der Waals surface area contributed by atoms with Gasteiger partial charge in [0.2, 0.25) is 0 Å². The van der Waals surface area contributed by atoms with E-state index < -0.39 is 5.72 Å². The van der Waals surface area contributed by atoms with Gasteiger partial charge in [0.15, 0.2) is 6.54 Å². The molecule has 0 bridgehead atoms. The van der Waals surface area contributed by atoms with Crippen LogP contribution in [0.25, 0.3) is 0 Å². The average molecular weight is 370 g/mol. The number of hydrogen-bond acceptors (Lipinski definition) is 4. The molecule has 2 aromatic rings. The van der Waals surface area contributed by atoms with Crippen molar-refractivity contribution in [2.24, 2.45) is 0 Å². The van der Waals surface area contributed by atoms with Crippen molar-refractivity contribution in [1.82, 2.24) is 0 Å². The Balaban J connectivity index is 1.73. The maximum absolute atomic E-state index is 11.7. The lowest BCUT2D eigenvalue weighted by Crippen LogP contribution is -2.41. The fourth-order valence-electron chi connectivity index (χ4n) is 3.72. The van der Waals surface area contributed by atoms with Gasteiger partial charge in [0.25, 0.3) is 5.72 Å². The van der Waals surface area contributed by atoms with Gasteiger partial charge in [-0.15, -0.1) is 0 Å². The highest BCUT2D eigenvalue weighted by Gasteiger charge is 2.53. The summed E-state index contributed by atoms with van der Waals surface area (Å²) in [5, 5.41) is 12.8. The van der Waals surface area contributed by atoms with Crippen LogP contribution in [0.5, 0.6) is 5.75 Å². The second-order valence-electron chi connectivity index (χ2n) is 6.79. The Morgan fingerprint density at radius 3 is 2.54 bits per heavy atom. The summed E-state index contributed by atoms with van der Waals surface area (Å²) in [4.78, 5) is 2.26. The lowest BCUT2D eigenvalue weighted by atomic mass is 10.0. The fraction of sp³-hybridized carbons (Fsp3) is 0.381. The molecule has 2 heterocycles. The van der Waals surface area contributed by atoms with E-state index >= 15 is 0 Å².